The molecule has 23 N–H and O–H groups in total. The number of primary amides is 2. The number of nitrogens with one attached hydrogen (secondary N) is 13. The maximum Gasteiger partial charge on any atom is 0.305 e. The molecule has 3 aromatic carbocycles. The third-order valence-electron chi connectivity index (χ3n) is 24.7. The zero-order valence-corrected chi connectivity index (χ0v) is 78.7. The fourth-order valence-electron chi connectivity index (χ4n) is 16.9. The zero-order valence-electron chi connectivity index (χ0n) is 77.9. The summed E-state index contributed by atoms with van der Waals surface area (Å²) in [6.45, 7) is 3.41. The number of imidazole rings is 1. The Bertz CT molecular complexity index is 5340. The Labute approximate surface area is 799 Å². The van der Waals surface area contributed by atoms with Crippen LogP contribution in [0.25, 0.3) is 21.8 Å². The highest BCUT2D eigenvalue weighted by molar-refractivity contribution is 8.00. The van der Waals surface area contributed by atoms with E-state index in [1.54, 1.807) is 67.8 Å². The number of carbonyl (C=O) groups is 19. The van der Waals surface area contributed by atoms with E-state index < -0.39 is 273 Å². The molecular weight excluding hydrogens is 1810 g/mol. The van der Waals surface area contributed by atoms with Gasteiger partial charge in [0.25, 0.3) is 0 Å². The number of hydrogen-bond donors (Lipinski definition) is 20. The number of rotatable bonds is 29. The molecule has 3 aliphatic heterocycles. The molecule has 0 radical (unpaired) electrons. The molecule has 0 saturated carbocycles. The summed E-state index contributed by atoms with van der Waals surface area (Å²) >= 11 is 0.693. The van der Waals surface area contributed by atoms with Crippen LogP contribution in [0.5, 0.6) is 5.75 Å². The first-order chi connectivity index (χ1) is 65.8. The number of hydrogen-bond acceptors (Lipinski definition) is 24. The lowest BCUT2D eigenvalue weighted by molar-refractivity contribution is -0.149. The Morgan fingerprint density at radius 1 is 0.507 bits per heavy atom. The predicted molar refractivity (Wildman–Crippen MR) is 501 cm³/mol. The number of thioether (sulfide) groups is 1. The van der Waals surface area contributed by atoms with Gasteiger partial charge in [-0.2, -0.15) is 0 Å². The number of para-hydroxylation sites is 2. The fourth-order valence-corrected chi connectivity index (χ4v) is 17.8. The van der Waals surface area contributed by atoms with E-state index in [0.29, 0.717) is 75.9 Å². The van der Waals surface area contributed by atoms with E-state index in [4.69, 9.17) is 17.2 Å². The van der Waals surface area contributed by atoms with Crippen molar-refractivity contribution in [1.82, 2.24) is 97.6 Å². The maximum absolute atomic E-state index is 15.9. The van der Waals surface area contributed by atoms with Gasteiger partial charge in [-0.1, -0.05) is 88.1 Å². The van der Waals surface area contributed by atoms with Crippen LogP contribution in [-0.4, -0.2) is 327 Å². The SMILES string of the molecule is CCCC[C@H]1C(=O)N(C)[C@@H](CCCC)C(=O)N[C@@H](CCC(=O)O)C(=O)N[C@H](C(=O)NCC(N)=O)CSCC(=O)N[C@@H](Cc2ccc(O)cc2)C(=O)N(C)[C@@H](C)C(=O)N[C@@H](CC(=O)O)C(=O)N2CCC[C@H]2C(=O)N[C@@H](Cc2c[nH]cn2)C(=O)N[C@@H](CCC(N)=O)C(=O)N2C[C@H](O)C[C@H]2C(=O)N[C@@H](Cc2c[nH]c3ccccc23)C(=O)N[C@@H](CCCCN)C(=O)N[C@@H](Cc2c[nH]c3ccccc23)C(=O)N1C. The van der Waals surface area contributed by atoms with Crippen LogP contribution in [0.4, 0.5) is 0 Å². The van der Waals surface area contributed by atoms with E-state index in [2.05, 4.69) is 73.1 Å². The van der Waals surface area contributed by atoms with Gasteiger partial charge in [0.15, 0.2) is 0 Å². The Morgan fingerprint density at radius 2 is 1.04 bits per heavy atom. The molecule has 46 heteroatoms. The number of phenols is 1. The van der Waals surface area contributed by atoms with Crippen molar-refractivity contribution >= 4 is 146 Å². The highest BCUT2D eigenvalue weighted by Gasteiger charge is 2.47. The summed E-state index contributed by atoms with van der Waals surface area (Å²) in [6.07, 6.45) is 0.807. The number of carboxylic acid groups (broad SMARTS) is 2. The monoisotopic (exact) mass is 1940 g/mol. The average Bonchev–Trinajstić information content (AvgIpc) is 1.69. The van der Waals surface area contributed by atoms with Crippen molar-refractivity contribution in [3.8, 4) is 5.75 Å². The minimum Gasteiger partial charge on any atom is -0.508 e. The molecule has 3 aliphatic rings. The molecule has 138 heavy (non-hydrogen) atoms. The van der Waals surface area contributed by atoms with Crippen molar-refractivity contribution in [2.75, 3.05) is 58.8 Å². The fraction of sp³-hybridized carbons (Fsp3) is 0.522. The molecule has 6 heterocycles. The second-order valence-corrected chi connectivity index (χ2v) is 35.8. The Morgan fingerprint density at radius 3 is 1.64 bits per heavy atom. The summed E-state index contributed by atoms with van der Waals surface area (Å²) in [5, 5.41) is 69.3. The number of aliphatic hydroxyl groups is 1. The number of carbonyl (C=O) groups excluding carboxylic acids is 17. The Balaban J connectivity index is 1.12. The van der Waals surface area contributed by atoms with E-state index >= 15 is 38.4 Å². The van der Waals surface area contributed by atoms with Crippen molar-refractivity contribution in [2.24, 2.45) is 17.2 Å². The minimum atomic E-state index is -1.95. The van der Waals surface area contributed by atoms with E-state index in [-0.39, 0.29) is 88.7 Å². The number of aliphatic hydroxyl groups excluding tert-OH is 1. The van der Waals surface area contributed by atoms with Gasteiger partial charge < -0.3 is 130 Å². The third-order valence-corrected chi connectivity index (χ3v) is 25.7. The number of benzene rings is 3. The van der Waals surface area contributed by atoms with Gasteiger partial charge in [-0.15, -0.1) is 11.8 Å². The van der Waals surface area contributed by atoms with Crippen molar-refractivity contribution in [1.29, 1.82) is 0 Å². The average molecular weight is 1940 g/mol. The van der Waals surface area contributed by atoms with Gasteiger partial charge in [0, 0.05) is 125 Å². The molecule has 17 amide bonds. The number of nitrogens with zero attached hydrogens (tertiary/aromatic N) is 6. The normalized spacial score (nSPS) is 24.4. The van der Waals surface area contributed by atoms with E-state index in [1.165, 1.54) is 57.8 Å². The summed E-state index contributed by atoms with van der Waals surface area (Å²) in [5.41, 5.74) is 19.9. The van der Waals surface area contributed by atoms with Gasteiger partial charge in [-0.3, -0.25) is 91.1 Å². The number of unbranched alkanes of at least 4 members (excludes halogenated alkanes) is 3. The van der Waals surface area contributed by atoms with Crippen LogP contribution in [0.3, 0.4) is 0 Å². The molecule has 0 unspecified atom stereocenters. The van der Waals surface area contributed by atoms with Crippen molar-refractivity contribution in [3.63, 3.8) is 0 Å². The van der Waals surface area contributed by atoms with Gasteiger partial charge >= 0.3 is 11.9 Å². The number of aromatic hydroxyl groups is 1. The number of nitrogens with two attached hydrogens (primary N) is 3. The summed E-state index contributed by atoms with van der Waals surface area (Å²) in [7, 11) is 3.80. The number of fused-ring (bicyclic) bond motifs is 4. The maximum atomic E-state index is 15.9. The van der Waals surface area contributed by atoms with Crippen LogP contribution in [0, 0.1) is 0 Å². The molecule has 3 aromatic heterocycles. The van der Waals surface area contributed by atoms with E-state index in [1.807, 2.05) is 6.92 Å². The number of likely N-dealkylation sites (N-methyl/N-ethyl adjacent to an activating group) is 3. The van der Waals surface area contributed by atoms with Gasteiger partial charge in [-0.05, 0) is 112 Å². The zero-order chi connectivity index (χ0) is 101. The predicted octanol–water partition coefficient (Wildman–Crippen LogP) is -2.37. The second kappa shape index (κ2) is 51.8. The number of amides is 17. The standard InChI is InChI=1S/C92H126N22O23S/c1-7-9-23-70-85(130)103-62(31-33-77(120)121)82(127)109-69(80(125)99-45-75(95)118)47-138-48-76(119)101-66(36-51-26-28-55(115)29-27-51)88(133)110(4)50(3)79(124)107-68(41-78(122)123)91(136)113-35-17-25-71(113)86(131)106-65(39-54-44-96-49-100-54)84(129)104-63(30-32-74(94)117)90(135)114-46-56(116)40-73(114)87(132)105-64(37-52-42-97-59-20-13-11-18-57(52)59)83(128)102-61(22-15-16-34-93)81(126)108-67(38-53-43-98-60-21-14-12-19-58(53)60)89(134)112(6)72(24-10-8-2)92(137)111(70)5/h11-14,18-21,26-29,42-44,49-50,56,61-73,97-98,115-116H,7-10,15-17,22-25,30-41,45-48,93H2,1-6H3,(H2,94,117)(H2,95,118)(H,96,100)(H,99,125)(H,101,119)(H,102,128)(H,103,130)(H,104,129)(H,105,132)(H,106,131)(H,107,124)(H,108,126)(H,109,127)(H,120,121)(H,122,123)/t50-,56+,61-,62-,63-,64-,65-,66-,67-,68-,69-,70-,71-,72-,73-/m0/s1. The van der Waals surface area contributed by atoms with Crippen molar-refractivity contribution in [3.05, 3.63) is 120 Å². The van der Waals surface area contributed by atoms with E-state index in [0.717, 1.165) is 31.5 Å². The highest BCUT2D eigenvalue weighted by atomic mass is 32.2. The Hall–Kier alpha value is -14.1. The highest BCUT2D eigenvalue weighted by Crippen LogP contribution is 2.28. The lowest BCUT2D eigenvalue weighted by atomic mass is 9.99. The molecule has 45 nitrogen and oxygen atoms in total. The van der Waals surface area contributed by atoms with Crippen LogP contribution in [-0.2, 0) is 117 Å². The van der Waals surface area contributed by atoms with Crippen LogP contribution >= 0.6 is 11.8 Å². The summed E-state index contributed by atoms with van der Waals surface area (Å²) in [5.74, 6) is -21.3. The smallest absolute Gasteiger partial charge is 0.305 e. The molecule has 0 bridgehead atoms. The number of aromatic nitrogens is 4. The molecule has 9 rings (SSSR count). The number of H-pyrrole nitrogens is 3. The topological polar surface area (TPSA) is 680 Å². The molecule has 0 aliphatic carbocycles. The quantitative estimate of drug-likeness (QED) is 0.0218. The first kappa shape index (κ1) is 108. The van der Waals surface area contributed by atoms with Crippen LogP contribution < -0.4 is 70.4 Å². The molecule has 3 saturated heterocycles. The summed E-state index contributed by atoms with van der Waals surface area (Å²) in [4.78, 5) is 294. The molecular formula is C92H126N22O23S. The molecule has 3 fully saturated rings. The van der Waals surface area contributed by atoms with Gasteiger partial charge in [-0.25, -0.2) is 4.98 Å². The summed E-state index contributed by atoms with van der Waals surface area (Å²) in [6, 6.07) is -3.41. The van der Waals surface area contributed by atoms with E-state index in [9.17, 15) is 73.2 Å². The number of aliphatic carboxylic acids is 2. The van der Waals surface area contributed by atoms with Gasteiger partial charge in [0.1, 0.15) is 90.3 Å². The second-order valence-electron chi connectivity index (χ2n) is 34.8. The lowest BCUT2D eigenvalue weighted by Gasteiger charge is -2.36. The number of aromatic amines is 3. The van der Waals surface area contributed by atoms with Crippen LogP contribution in [0.1, 0.15) is 152 Å². The van der Waals surface area contributed by atoms with Crippen LogP contribution in [0.15, 0.2) is 97.7 Å². The van der Waals surface area contributed by atoms with Crippen LogP contribution in [0.2, 0.25) is 0 Å². The molecule has 6 aromatic rings. The number of phenolic OH excluding ortho intramolecular Hbond substituents is 1. The lowest BCUT2D eigenvalue weighted by Crippen LogP contribution is -2.61. The van der Waals surface area contributed by atoms with Gasteiger partial charge in [0.2, 0.25) is 100 Å². The third kappa shape index (κ3) is 30.2. The van der Waals surface area contributed by atoms with Crippen molar-refractivity contribution in [2.45, 2.75) is 246 Å². The summed E-state index contributed by atoms with van der Waals surface area (Å²) < 4.78 is 0. The first-order valence-corrected chi connectivity index (χ1v) is 47.2. The molecule has 15 atom stereocenters. The first-order valence-electron chi connectivity index (χ1n) is 46.0. The number of carboxylic acids is 2. The molecule has 748 valence electrons. The molecule has 0 spiro atoms. The van der Waals surface area contributed by atoms with Gasteiger partial charge in [0.05, 0.1) is 36.8 Å². The largest absolute Gasteiger partial charge is 0.508 e. The minimum absolute atomic E-state index is 0.0348. The van der Waals surface area contributed by atoms with Crippen molar-refractivity contribution < 1.29 is 112 Å². The Kier molecular flexibility index (Phi) is 40.4.